The van der Waals surface area contributed by atoms with Crippen LogP contribution in [0.15, 0.2) is 17.5 Å². The Labute approximate surface area is 72.6 Å². The van der Waals surface area contributed by atoms with Crippen molar-refractivity contribution in [1.29, 1.82) is 0 Å². The van der Waals surface area contributed by atoms with Gasteiger partial charge in [-0.05, 0) is 29.2 Å². The summed E-state index contributed by atoms with van der Waals surface area (Å²) in [5.41, 5.74) is 9.65. The summed E-state index contributed by atoms with van der Waals surface area (Å²) in [5.74, 6) is 0.342. The first-order valence-electron chi connectivity index (χ1n) is 3.54. The molecule has 0 fully saturated rings. The SMILES string of the molecule is Cc1cc2nncn2nc1N=[N+]=[N-]. The molecule has 0 radical (unpaired) electrons. The summed E-state index contributed by atoms with van der Waals surface area (Å²) in [6.07, 6.45) is 1.45. The maximum absolute atomic E-state index is 8.24. The molecule has 0 spiro atoms. The molecular weight excluding hydrogens is 170 g/mol. The molecule has 0 saturated heterocycles. The van der Waals surface area contributed by atoms with Crippen LogP contribution in [0.4, 0.5) is 5.82 Å². The van der Waals surface area contributed by atoms with E-state index in [0.717, 1.165) is 5.56 Å². The summed E-state index contributed by atoms with van der Waals surface area (Å²) < 4.78 is 1.46. The molecule has 0 aromatic carbocycles. The quantitative estimate of drug-likeness (QED) is 0.372. The summed E-state index contributed by atoms with van der Waals surface area (Å²) in [6.45, 7) is 1.80. The molecule has 0 aliphatic heterocycles. The number of rotatable bonds is 1. The van der Waals surface area contributed by atoms with Gasteiger partial charge in [-0.15, -0.1) is 10.2 Å². The van der Waals surface area contributed by atoms with Gasteiger partial charge in [0.2, 0.25) is 0 Å². The Morgan fingerprint density at radius 1 is 1.62 bits per heavy atom. The van der Waals surface area contributed by atoms with Gasteiger partial charge in [0.25, 0.3) is 0 Å². The lowest BCUT2D eigenvalue weighted by Gasteiger charge is -1.97. The van der Waals surface area contributed by atoms with E-state index in [-0.39, 0.29) is 0 Å². The molecule has 64 valence electrons. The maximum Gasteiger partial charge on any atom is 0.177 e. The summed E-state index contributed by atoms with van der Waals surface area (Å²) in [6, 6.07) is 1.75. The first kappa shape index (κ1) is 7.51. The van der Waals surface area contributed by atoms with Crippen molar-refractivity contribution in [2.24, 2.45) is 5.11 Å². The zero-order valence-electron chi connectivity index (χ0n) is 6.79. The fourth-order valence-electron chi connectivity index (χ4n) is 0.991. The Morgan fingerprint density at radius 3 is 3.23 bits per heavy atom. The van der Waals surface area contributed by atoms with Crippen LogP contribution in [-0.2, 0) is 0 Å². The highest BCUT2D eigenvalue weighted by molar-refractivity contribution is 5.46. The molecule has 0 aliphatic rings. The van der Waals surface area contributed by atoms with E-state index in [1.54, 1.807) is 13.0 Å². The third-order valence-electron chi connectivity index (χ3n) is 1.60. The van der Waals surface area contributed by atoms with Crippen molar-refractivity contribution >= 4 is 11.5 Å². The first-order valence-corrected chi connectivity index (χ1v) is 3.54. The van der Waals surface area contributed by atoms with Gasteiger partial charge in [0.1, 0.15) is 6.33 Å². The van der Waals surface area contributed by atoms with E-state index in [1.807, 2.05) is 0 Å². The average molecular weight is 175 g/mol. The van der Waals surface area contributed by atoms with Crippen molar-refractivity contribution < 1.29 is 0 Å². The van der Waals surface area contributed by atoms with Gasteiger partial charge >= 0.3 is 0 Å². The summed E-state index contributed by atoms with van der Waals surface area (Å²) in [5, 5.41) is 14.9. The van der Waals surface area contributed by atoms with Crippen LogP contribution >= 0.6 is 0 Å². The monoisotopic (exact) mass is 175 g/mol. The molecule has 0 aliphatic carbocycles. The van der Waals surface area contributed by atoms with E-state index in [4.69, 9.17) is 5.53 Å². The largest absolute Gasteiger partial charge is 0.200 e. The van der Waals surface area contributed by atoms with Gasteiger partial charge < -0.3 is 0 Å². The standard InChI is InChI=1S/C6H5N7/c1-4-2-5-9-8-3-13(5)11-6(4)10-12-7/h2-3H,1H3. The smallest absolute Gasteiger partial charge is 0.177 e. The molecule has 0 atom stereocenters. The zero-order valence-corrected chi connectivity index (χ0v) is 6.79. The lowest BCUT2D eigenvalue weighted by molar-refractivity contribution is 0.915. The summed E-state index contributed by atoms with van der Waals surface area (Å²) in [4.78, 5) is 2.67. The van der Waals surface area contributed by atoms with E-state index in [2.05, 4.69) is 25.3 Å². The topological polar surface area (TPSA) is 91.8 Å². The van der Waals surface area contributed by atoms with Crippen molar-refractivity contribution in [1.82, 2.24) is 19.8 Å². The fraction of sp³-hybridized carbons (Fsp3) is 0.167. The fourth-order valence-corrected chi connectivity index (χ4v) is 0.991. The molecule has 2 heterocycles. The molecule has 7 heteroatoms. The lowest BCUT2D eigenvalue weighted by Crippen LogP contribution is -1.91. The second-order valence-electron chi connectivity index (χ2n) is 2.47. The lowest BCUT2D eigenvalue weighted by atomic mass is 10.3. The number of nitrogens with zero attached hydrogens (tertiary/aromatic N) is 7. The summed E-state index contributed by atoms with van der Waals surface area (Å²) in [7, 11) is 0. The minimum Gasteiger partial charge on any atom is -0.200 e. The van der Waals surface area contributed by atoms with Gasteiger partial charge in [0.15, 0.2) is 11.5 Å². The number of hydrogen-bond acceptors (Lipinski definition) is 4. The van der Waals surface area contributed by atoms with Gasteiger partial charge in [-0.2, -0.15) is 5.10 Å². The number of aryl methyl sites for hydroxylation is 1. The highest BCUT2D eigenvalue weighted by Gasteiger charge is 2.01. The van der Waals surface area contributed by atoms with Crippen molar-refractivity contribution in [2.45, 2.75) is 6.92 Å². The van der Waals surface area contributed by atoms with Gasteiger partial charge in [-0.3, -0.25) is 0 Å². The molecule has 0 bridgehead atoms. The predicted octanol–water partition coefficient (Wildman–Crippen LogP) is 1.37. The maximum atomic E-state index is 8.24. The Hall–Kier alpha value is -2.14. The van der Waals surface area contributed by atoms with E-state index in [0.29, 0.717) is 11.5 Å². The number of fused-ring (bicyclic) bond motifs is 1. The second-order valence-corrected chi connectivity index (χ2v) is 2.47. The molecule has 7 nitrogen and oxygen atoms in total. The predicted molar refractivity (Wildman–Crippen MR) is 44.3 cm³/mol. The van der Waals surface area contributed by atoms with Crippen LogP contribution in [-0.4, -0.2) is 19.8 Å². The molecule has 0 unspecified atom stereocenters. The number of azide groups is 1. The number of hydrogen-bond donors (Lipinski definition) is 0. The molecule has 13 heavy (non-hydrogen) atoms. The van der Waals surface area contributed by atoms with Crippen molar-refractivity contribution in [3.63, 3.8) is 0 Å². The first-order chi connectivity index (χ1) is 6.31. The molecule has 2 aromatic heterocycles. The number of aromatic nitrogens is 4. The Bertz CT molecular complexity index is 493. The third kappa shape index (κ3) is 1.17. The summed E-state index contributed by atoms with van der Waals surface area (Å²) >= 11 is 0. The molecule has 2 rings (SSSR count). The van der Waals surface area contributed by atoms with Gasteiger partial charge in [0.05, 0.1) is 0 Å². The average Bonchev–Trinajstić information content (AvgIpc) is 2.52. The minimum atomic E-state index is 0.342. The van der Waals surface area contributed by atoms with Gasteiger partial charge in [-0.1, -0.05) is 0 Å². The Morgan fingerprint density at radius 2 is 2.46 bits per heavy atom. The Kier molecular flexibility index (Phi) is 1.57. The molecule has 0 saturated carbocycles. The van der Waals surface area contributed by atoms with Crippen LogP contribution in [0.2, 0.25) is 0 Å². The van der Waals surface area contributed by atoms with Crippen LogP contribution in [0.5, 0.6) is 0 Å². The van der Waals surface area contributed by atoms with E-state index >= 15 is 0 Å². The normalized spacial score (nSPS) is 9.92. The third-order valence-corrected chi connectivity index (χ3v) is 1.60. The second kappa shape index (κ2) is 2.72. The van der Waals surface area contributed by atoms with E-state index < -0.39 is 0 Å². The molecule has 0 N–H and O–H groups in total. The minimum absolute atomic E-state index is 0.342. The Balaban J connectivity index is 2.75. The van der Waals surface area contributed by atoms with Crippen LogP contribution in [0, 0.1) is 6.92 Å². The van der Waals surface area contributed by atoms with Crippen LogP contribution in [0.25, 0.3) is 16.1 Å². The van der Waals surface area contributed by atoms with Gasteiger partial charge in [0, 0.05) is 4.91 Å². The van der Waals surface area contributed by atoms with Crippen molar-refractivity contribution in [3.05, 3.63) is 28.4 Å². The van der Waals surface area contributed by atoms with Crippen LogP contribution < -0.4 is 0 Å². The van der Waals surface area contributed by atoms with Crippen molar-refractivity contribution in [3.8, 4) is 0 Å². The highest BCUT2D eigenvalue weighted by Crippen LogP contribution is 2.15. The van der Waals surface area contributed by atoms with E-state index in [1.165, 1.54) is 10.8 Å². The van der Waals surface area contributed by atoms with E-state index in [9.17, 15) is 0 Å². The van der Waals surface area contributed by atoms with Crippen LogP contribution in [0.1, 0.15) is 5.56 Å². The molecule has 2 aromatic rings. The van der Waals surface area contributed by atoms with Gasteiger partial charge in [-0.25, -0.2) is 4.52 Å². The highest BCUT2D eigenvalue weighted by atomic mass is 15.4. The van der Waals surface area contributed by atoms with Crippen LogP contribution in [0.3, 0.4) is 0 Å². The zero-order chi connectivity index (χ0) is 9.26. The molecule has 0 amide bonds. The molecular formula is C6H5N7. The van der Waals surface area contributed by atoms with Crippen molar-refractivity contribution in [2.75, 3.05) is 0 Å².